The van der Waals surface area contributed by atoms with Crippen LogP contribution in [0.15, 0.2) is 18.2 Å². The lowest BCUT2D eigenvalue weighted by Crippen LogP contribution is -2.38. The van der Waals surface area contributed by atoms with Crippen molar-refractivity contribution in [2.24, 2.45) is 5.41 Å². The van der Waals surface area contributed by atoms with E-state index in [4.69, 9.17) is 16.3 Å². The number of hydrogen-bond donors (Lipinski definition) is 0. The molecular formula is C23H25ClF2N2O3. The van der Waals surface area contributed by atoms with E-state index in [0.717, 1.165) is 25.0 Å². The zero-order chi connectivity index (χ0) is 22.8. The molecule has 31 heavy (non-hydrogen) atoms. The van der Waals surface area contributed by atoms with Crippen LogP contribution in [0.25, 0.3) is 11.1 Å². The van der Waals surface area contributed by atoms with Crippen LogP contribution in [0, 0.1) is 17.0 Å². The van der Waals surface area contributed by atoms with Gasteiger partial charge in [-0.25, -0.2) is 13.8 Å². The maximum absolute atomic E-state index is 14.1. The van der Waals surface area contributed by atoms with Crippen molar-refractivity contribution < 1.29 is 23.1 Å². The molecule has 0 radical (unpaired) electrons. The number of piperidine rings is 1. The summed E-state index contributed by atoms with van der Waals surface area (Å²) in [6.07, 6.45) is 2.14. The third-order valence-corrected chi connectivity index (χ3v) is 5.94. The van der Waals surface area contributed by atoms with Crippen molar-refractivity contribution in [3.63, 3.8) is 0 Å². The topological polar surface area (TPSA) is 59.5 Å². The standard InChI is InChI=1S/C23H25ClF2N2O3/c1-4-31-19(30)12-15-21(28-9-7-23(2,3)8-10-28)20(18(13-29)27-22(15)24)14-5-6-16(25)17(26)11-14/h5-6,11,13H,4,7-10,12H2,1-3H3. The molecule has 0 unspecified atom stereocenters. The summed E-state index contributed by atoms with van der Waals surface area (Å²) >= 11 is 6.41. The summed E-state index contributed by atoms with van der Waals surface area (Å²) < 4.78 is 32.7. The molecule has 1 saturated heterocycles. The maximum Gasteiger partial charge on any atom is 0.310 e. The molecule has 0 bridgehead atoms. The second-order valence-corrected chi connectivity index (χ2v) is 8.73. The lowest BCUT2D eigenvalue weighted by atomic mass is 9.82. The van der Waals surface area contributed by atoms with Crippen LogP contribution in [0.2, 0.25) is 5.15 Å². The minimum Gasteiger partial charge on any atom is -0.466 e. The van der Waals surface area contributed by atoms with Crippen molar-refractivity contribution in [2.45, 2.75) is 40.0 Å². The molecule has 0 spiro atoms. The van der Waals surface area contributed by atoms with Gasteiger partial charge in [0.15, 0.2) is 17.9 Å². The minimum atomic E-state index is -1.04. The molecule has 166 valence electrons. The Morgan fingerprint density at radius 1 is 1.26 bits per heavy atom. The van der Waals surface area contributed by atoms with Crippen molar-refractivity contribution in [3.05, 3.63) is 46.2 Å². The van der Waals surface area contributed by atoms with Crippen molar-refractivity contribution in [2.75, 3.05) is 24.6 Å². The van der Waals surface area contributed by atoms with E-state index in [1.807, 2.05) is 4.90 Å². The van der Waals surface area contributed by atoms with Gasteiger partial charge in [0.1, 0.15) is 10.8 Å². The Labute approximate surface area is 185 Å². The first-order chi connectivity index (χ1) is 14.7. The van der Waals surface area contributed by atoms with Crippen molar-refractivity contribution in [3.8, 4) is 11.1 Å². The normalized spacial score (nSPS) is 15.6. The molecular weight excluding hydrogens is 426 g/mol. The number of esters is 1. The highest BCUT2D eigenvalue weighted by Gasteiger charge is 2.31. The van der Waals surface area contributed by atoms with Gasteiger partial charge in [0.05, 0.1) is 18.7 Å². The molecule has 2 heterocycles. The Morgan fingerprint density at radius 2 is 1.94 bits per heavy atom. The van der Waals surface area contributed by atoms with Gasteiger partial charge in [0, 0.05) is 24.2 Å². The summed E-state index contributed by atoms with van der Waals surface area (Å²) in [6, 6.07) is 3.42. The molecule has 1 aliphatic rings. The summed E-state index contributed by atoms with van der Waals surface area (Å²) in [5.74, 6) is -2.52. The Balaban J connectivity index is 2.24. The number of ether oxygens (including phenoxy) is 1. The number of anilines is 1. The highest BCUT2D eigenvalue weighted by atomic mass is 35.5. The summed E-state index contributed by atoms with van der Waals surface area (Å²) in [6.45, 7) is 7.57. The average molecular weight is 451 g/mol. The maximum atomic E-state index is 14.1. The van der Waals surface area contributed by atoms with Crippen molar-refractivity contribution in [1.82, 2.24) is 4.98 Å². The van der Waals surface area contributed by atoms with Crippen LogP contribution in [-0.2, 0) is 16.0 Å². The first-order valence-electron chi connectivity index (χ1n) is 10.2. The van der Waals surface area contributed by atoms with Gasteiger partial charge >= 0.3 is 5.97 Å². The molecule has 1 aromatic carbocycles. The molecule has 2 aromatic rings. The Hall–Kier alpha value is -2.54. The van der Waals surface area contributed by atoms with Gasteiger partial charge < -0.3 is 9.64 Å². The average Bonchev–Trinajstić information content (AvgIpc) is 2.71. The molecule has 3 rings (SSSR count). The third-order valence-electron chi connectivity index (χ3n) is 5.63. The van der Waals surface area contributed by atoms with E-state index in [1.165, 1.54) is 6.07 Å². The van der Waals surface area contributed by atoms with Gasteiger partial charge in [-0.1, -0.05) is 31.5 Å². The first kappa shape index (κ1) is 23.1. The largest absolute Gasteiger partial charge is 0.466 e. The fourth-order valence-corrected chi connectivity index (χ4v) is 4.07. The number of pyridine rings is 1. The Bertz CT molecular complexity index is 1000. The third kappa shape index (κ3) is 5.03. The molecule has 0 atom stereocenters. The highest BCUT2D eigenvalue weighted by Crippen LogP contribution is 2.42. The number of hydrogen-bond acceptors (Lipinski definition) is 5. The van der Waals surface area contributed by atoms with Gasteiger partial charge in [0.2, 0.25) is 0 Å². The smallest absolute Gasteiger partial charge is 0.310 e. The second-order valence-electron chi connectivity index (χ2n) is 8.37. The second kappa shape index (κ2) is 9.30. The molecule has 1 aromatic heterocycles. The van der Waals surface area contributed by atoms with Crippen LogP contribution in [0.5, 0.6) is 0 Å². The molecule has 0 amide bonds. The van der Waals surface area contributed by atoms with Gasteiger partial charge in [-0.3, -0.25) is 9.59 Å². The first-order valence-corrected chi connectivity index (χ1v) is 10.6. The van der Waals surface area contributed by atoms with Gasteiger partial charge in [-0.2, -0.15) is 0 Å². The van der Waals surface area contributed by atoms with Crippen LogP contribution in [0.4, 0.5) is 14.5 Å². The summed E-state index contributed by atoms with van der Waals surface area (Å²) in [7, 11) is 0. The summed E-state index contributed by atoms with van der Waals surface area (Å²) in [4.78, 5) is 30.4. The van der Waals surface area contributed by atoms with E-state index in [0.29, 0.717) is 36.2 Å². The van der Waals surface area contributed by atoms with Gasteiger partial charge in [-0.05, 0) is 42.9 Å². The molecule has 0 N–H and O–H groups in total. The number of halogens is 3. The van der Waals surface area contributed by atoms with E-state index in [-0.39, 0.29) is 34.9 Å². The zero-order valence-corrected chi connectivity index (χ0v) is 18.6. The highest BCUT2D eigenvalue weighted by molar-refractivity contribution is 6.31. The van der Waals surface area contributed by atoms with E-state index in [1.54, 1.807) is 6.92 Å². The fraction of sp³-hybridized carbons (Fsp3) is 0.435. The quantitative estimate of drug-likeness (QED) is 0.343. The fourth-order valence-electron chi connectivity index (χ4n) is 3.82. The number of benzene rings is 1. The van der Waals surface area contributed by atoms with Crippen molar-refractivity contribution >= 4 is 29.5 Å². The predicted molar refractivity (Wildman–Crippen MR) is 116 cm³/mol. The minimum absolute atomic E-state index is 0.00320. The number of aldehydes is 1. The van der Waals surface area contributed by atoms with Gasteiger partial charge in [0.25, 0.3) is 0 Å². The molecule has 1 aliphatic heterocycles. The monoisotopic (exact) mass is 450 g/mol. The molecule has 8 heteroatoms. The molecule has 0 aliphatic carbocycles. The number of nitrogens with zero attached hydrogens (tertiary/aromatic N) is 2. The Kier molecular flexibility index (Phi) is 6.94. The van der Waals surface area contributed by atoms with E-state index < -0.39 is 17.6 Å². The van der Waals surface area contributed by atoms with E-state index >= 15 is 0 Å². The van der Waals surface area contributed by atoms with Crippen LogP contribution in [0.3, 0.4) is 0 Å². The number of rotatable bonds is 6. The summed E-state index contributed by atoms with van der Waals surface area (Å²) in [5, 5.41) is 0.0151. The summed E-state index contributed by atoms with van der Waals surface area (Å²) in [5.41, 5.74) is 1.71. The molecule has 1 fully saturated rings. The van der Waals surface area contributed by atoms with Gasteiger partial charge in [-0.15, -0.1) is 0 Å². The molecule has 0 saturated carbocycles. The lowest BCUT2D eigenvalue weighted by Gasteiger charge is -2.40. The number of aromatic nitrogens is 1. The lowest BCUT2D eigenvalue weighted by molar-refractivity contribution is -0.142. The van der Waals surface area contributed by atoms with E-state index in [9.17, 15) is 18.4 Å². The van der Waals surface area contributed by atoms with E-state index in [2.05, 4.69) is 18.8 Å². The SMILES string of the molecule is CCOC(=O)Cc1c(Cl)nc(C=O)c(-c2ccc(F)c(F)c2)c1N1CCC(C)(C)CC1. The van der Waals surface area contributed by atoms with Crippen molar-refractivity contribution in [1.29, 1.82) is 0 Å². The molecule has 5 nitrogen and oxygen atoms in total. The zero-order valence-electron chi connectivity index (χ0n) is 17.8. The van der Waals surface area contributed by atoms with Crippen LogP contribution >= 0.6 is 11.6 Å². The Morgan fingerprint density at radius 3 is 2.52 bits per heavy atom. The predicted octanol–water partition coefficient (Wildman–Crippen LogP) is 5.22. The van der Waals surface area contributed by atoms with Crippen LogP contribution in [-0.4, -0.2) is 36.9 Å². The number of carbonyl (C=O) groups excluding carboxylic acids is 2. The van der Waals surface area contributed by atoms with Crippen LogP contribution < -0.4 is 4.90 Å². The van der Waals surface area contributed by atoms with Crippen LogP contribution in [0.1, 0.15) is 49.7 Å². The number of carbonyl (C=O) groups is 2.